The lowest BCUT2D eigenvalue weighted by Gasteiger charge is -2.16. The third kappa shape index (κ3) is 4.33. The normalized spacial score (nSPS) is 11.7. The molecule has 2 aromatic rings. The van der Waals surface area contributed by atoms with Crippen molar-refractivity contribution in [3.05, 3.63) is 65.7 Å². The topological polar surface area (TPSA) is 58.6 Å². The fourth-order valence-electron chi connectivity index (χ4n) is 2.07. The van der Waals surface area contributed by atoms with Crippen molar-refractivity contribution in [2.45, 2.75) is 12.5 Å². The summed E-state index contributed by atoms with van der Waals surface area (Å²) in [6.45, 7) is -0.100. The molecule has 0 bridgehead atoms. The van der Waals surface area contributed by atoms with Crippen molar-refractivity contribution in [3.63, 3.8) is 0 Å². The van der Waals surface area contributed by atoms with Gasteiger partial charge in [0, 0.05) is 5.56 Å². The van der Waals surface area contributed by atoms with E-state index in [-0.39, 0.29) is 18.6 Å². The third-order valence-corrected chi connectivity index (χ3v) is 3.23. The molecule has 4 nitrogen and oxygen atoms in total. The molecule has 0 aromatic heterocycles. The first-order valence-electron chi connectivity index (χ1n) is 6.82. The van der Waals surface area contributed by atoms with Gasteiger partial charge in [-0.05, 0) is 36.2 Å². The van der Waals surface area contributed by atoms with Crippen LogP contribution in [0.5, 0.6) is 5.75 Å². The molecule has 0 radical (unpaired) electrons. The molecule has 2 rings (SSSR count). The first-order valence-corrected chi connectivity index (χ1v) is 6.82. The Kier molecular flexibility index (Phi) is 5.35. The Morgan fingerprint density at radius 3 is 2.38 bits per heavy atom. The van der Waals surface area contributed by atoms with Crippen molar-refractivity contribution in [3.8, 4) is 5.75 Å². The highest BCUT2D eigenvalue weighted by Crippen LogP contribution is 2.11. The molecule has 0 saturated heterocycles. The molecule has 1 unspecified atom stereocenters. The average Bonchev–Trinajstić information content (AvgIpc) is 2.55. The van der Waals surface area contributed by atoms with Crippen LogP contribution in [-0.2, 0) is 6.42 Å². The predicted octanol–water partition coefficient (Wildman–Crippen LogP) is 2.03. The maximum Gasteiger partial charge on any atom is 0.251 e. The first kappa shape index (κ1) is 15.1. The Bertz CT molecular complexity index is 566. The van der Waals surface area contributed by atoms with E-state index in [9.17, 15) is 9.90 Å². The smallest absolute Gasteiger partial charge is 0.251 e. The Hall–Kier alpha value is -2.33. The quantitative estimate of drug-likeness (QED) is 0.854. The van der Waals surface area contributed by atoms with E-state index in [0.29, 0.717) is 17.7 Å². The van der Waals surface area contributed by atoms with E-state index >= 15 is 0 Å². The van der Waals surface area contributed by atoms with Gasteiger partial charge in [0.05, 0.1) is 19.8 Å². The van der Waals surface area contributed by atoms with Crippen LogP contribution >= 0.6 is 0 Å². The Morgan fingerprint density at radius 1 is 1.14 bits per heavy atom. The number of benzene rings is 2. The molecule has 110 valence electrons. The second-order valence-electron chi connectivity index (χ2n) is 4.77. The molecular formula is C17H19NO3. The fraction of sp³-hybridized carbons (Fsp3) is 0.235. The highest BCUT2D eigenvalue weighted by atomic mass is 16.5. The monoisotopic (exact) mass is 285 g/mol. The van der Waals surface area contributed by atoms with Gasteiger partial charge in [0.25, 0.3) is 5.91 Å². The summed E-state index contributed by atoms with van der Waals surface area (Å²) in [6, 6.07) is 16.3. The fourth-order valence-corrected chi connectivity index (χ4v) is 2.07. The highest BCUT2D eigenvalue weighted by molar-refractivity contribution is 5.94. The van der Waals surface area contributed by atoms with Crippen molar-refractivity contribution in [1.82, 2.24) is 5.32 Å². The minimum atomic E-state index is -0.304. The minimum absolute atomic E-state index is 0.100. The molecule has 1 atom stereocenters. The number of amides is 1. The predicted molar refractivity (Wildman–Crippen MR) is 81.5 cm³/mol. The van der Waals surface area contributed by atoms with E-state index in [0.717, 1.165) is 5.56 Å². The molecule has 0 saturated carbocycles. The minimum Gasteiger partial charge on any atom is -0.497 e. The summed E-state index contributed by atoms with van der Waals surface area (Å²) < 4.78 is 5.06. The summed E-state index contributed by atoms with van der Waals surface area (Å²) in [5, 5.41) is 12.3. The zero-order chi connectivity index (χ0) is 15.1. The summed E-state index contributed by atoms with van der Waals surface area (Å²) >= 11 is 0. The number of carbonyl (C=O) groups is 1. The van der Waals surface area contributed by atoms with Crippen molar-refractivity contribution in [1.29, 1.82) is 0 Å². The molecule has 1 amide bonds. The van der Waals surface area contributed by atoms with E-state index in [4.69, 9.17) is 4.74 Å². The van der Waals surface area contributed by atoms with Gasteiger partial charge in [0.2, 0.25) is 0 Å². The first-order chi connectivity index (χ1) is 10.2. The summed E-state index contributed by atoms with van der Waals surface area (Å²) in [5.41, 5.74) is 1.62. The molecule has 0 spiro atoms. The number of ether oxygens (including phenoxy) is 1. The van der Waals surface area contributed by atoms with E-state index in [1.807, 2.05) is 30.3 Å². The van der Waals surface area contributed by atoms with Crippen LogP contribution in [0.4, 0.5) is 0 Å². The number of nitrogens with one attached hydrogen (secondary N) is 1. The van der Waals surface area contributed by atoms with Gasteiger partial charge in [0.1, 0.15) is 5.75 Å². The summed E-state index contributed by atoms with van der Waals surface area (Å²) in [4.78, 5) is 12.1. The number of carbonyl (C=O) groups excluding carboxylic acids is 1. The Labute approximate surface area is 124 Å². The van der Waals surface area contributed by atoms with E-state index in [2.05, 4.69) is 5.32 Å². The molecule has 4 heteroatoms. The second kappa shape index (κ2) is 7.45. The molecule has 0 aliphatic carbocycles. The van der Waals surface area contributed by atoms with Gasteiger partial charge in [0.15, 0.2) is 0 Å². The molecule has 0 aliphatic rings. The molecule has 0 heterocycles. The van der Waals surface area contributed by atoms with Gasteiger partial charge in [-0.25, -0.2) is 0 Å². The van der Waals surface area contributed by atoms with Crippen LogP contribution in [0, 0.1) is 0 Å². The van der Waals surface area contributed by atoms with Crippen LogP contribution in [0.15, 0.2) is 54.6 Å². The van der Waals surface area contributed by atoms with Crippen LogP contribution in [0.1, 0.15) is 15.9 Å². The van der Waals surface area contributed by atoms with E-state index in [1.54, 1.807) is 31.4 Å². The van der Waals surface area contributed by atoms with Crippen LogP contribution < -0.4 is 10.1 Å². The van der Waals surface area contributed by atoms with Gasteiger partial charge in [-0.2, -0.15) is 0 Å². The number of hydrogen-bond acceptors (Lipinski definition) is 3. The lowest BCUT2D eigenvalue weighted by Crippen LogP contribution is -2.39. The molecule has 2 N–H and O–H groups in total. The lowest BCUT2D eigenvalue weighted by atomic mass is 10.1. The summed E-state index contributed by atoms with van der Waals surface area (Å²) in [7, 11) is 1.58. The van der Waals surface area contributed by atoms with Crippen molar-refractivity contribution < 1.29 is 14.6 Å². The standard InChI is InChI=1S/C17H19NO3/c1-21-16-9-7-14(8-10-16)17(20)18-15(12-19)11-13-5-3-2-4-6-13/h2-10,15,19H,11-12H2,1H3,(H,18,20). The summed E-state index contributed by atoms with van der Waals surface area (Å²) in [6.07, 6.45) is 0.596. The largest absolute Gasteiger partial charge is 0.497 e. The van der Waals surface area contributed by atoms with Crippen LogP contribution in [-0.4, -0.2) is 30.8 Å². The molecule has 2 aromatic carbocycles. The number of hydrogen-bond donors (Lipinski definition) is 2. The number of rotatable bonds is 6. The summed E-state index contributed by atoms with van der Waals surface area (Å²) in [5.74, 6) is 0.502. The number of aliphatic hydroxyl groups is 1. The van der Waals surface area contributed by atoms with Crippen LogP contribution in [0.25, 0.3) is 0 Å². The van der Waals surface area contributed by atoms with Gasteiger partial charge in [-0.15, -0.1) is 0 Å². The highest BCUT2D eigenvalue weighted by Gasteiger charge is 2.13. The number of methoxy groups -OCH3 is 1. The van der Waals surface area contributed by atoms with E-state index < -0.39 is 0 Å². The zero-order valence-electron chi connectivity index (χ0n) is 12.0. The van der Waals surface area contributed by atoms with Crippen molar-refractivity contribution >= 4 is 5.91 Å². The zero-order valence-corrected chi connectivity index (χ0v) is 12.0. The molecule has 0 fully saturated rings. The van der Waals surface area contributed by atoms with Gasteiger partial charge >= 0.3 is 0 Å². The van der Waals surface area contributed by atoms with Crippen LogP contribution in [0.3, 0.4) is 0 Å². The van der Waals surface area contributed by atoms with Gasteiger partial charge in [-0.1, -0.05) is 30.3 Å². The number of aliphatic hydroxyl groups excluding tert-OH is 1. The second-order valence-corrected chi connectivity index (χ2v) is 4.77. The van der Waals surface area contributed by atoms with Crippen molar-refractivity contribution in [2.75, 3.05) is 13.7 Å². The average molecular weight is 285 g/mol. The third-order valence-electron chi connectivity index (χ3n) is 3.23. The molecule has 0 aliphatic heterocycles. The molecular weight excluding hydrogens is 266 g/mol. The maximum absolute atomic E-state index is 12.1. The maximum atomic E-state index is 12.1. The van der Waals surface area contributed by atoms with Gasteiger partial charge < -0.3 is 15.2 Å². The van der Waals surface area contributed by atoms with Gasteiger partial charge in [-0.3, -0.25) is 4.79 Å². The lowest BCUT2D eigenvalue weighted by molar-refractivity contribution is 0.0916. The Morgan fingerprint density at radius 2 is 1.81 bits per heavy atom. The SMILES string of the molecule is COc1ccc(C(=O)NC(CO)Cc2ccccc2)cc1. The van der Waals surface area contributed by atoms with E-state index in [1.165, 1.54) is 0 Å². The van der Waals surface area contributed by atoms with Crippen LogP contribution in [0.2, 0.25) is 0 Å². The molecule has 21 heavy (non-hydrogen) atoms. The Balaban J connectivity index is 1.98. The van der Waals surface area contributed by atoms with Crippen molar-refractivity contribution in [2.24, 2.45) is 0 Å².